The molecule has 0 radical (unpaired) electrons. The Morgan fingerprint density at radius 1 is 1.11 bits per heavy atom. The second kappa shape index (κ2) is 14.9. The van der Waals surface area contributed by atoms with Gasteiger partial charge in [0.25, 0.3) is 0 Å². The van der Waals surface area contributed by atoms with Gasteiger partial charge in [-0.2, -0.15) is 0 Å². The number of allylic oxidation sites excluding steroid dienone is 2. The molecule has 8 N–H and O–H groups in total. The van der Waals surface area contributed by atoms with Gasteiger partial charge in [-0.3, -0.25) is 0 Å². The second-order valence-electron chi connectivity index (χ2n) is 11.4. The van der Waals surface area contributed by atoms with E-state index in [4.69, 9.17) is 18.9 Å². The van der Waals surface area contributed by atoms with E-state index in [0.717, 1.165) is 48.8 Å². The molecule has 0 aromatic rings. The van der Waals surface area contributed by atoms with Crippen molar-refractivity contribution in [3.63, 3.8) is 0 Å². The van der Waals surface area contributed by atoms with E-state index in [1.165, 1.54) is 19.4 Å². The van der Waals surface area contributed by atoms with Crippen LogP contribution in [0.4, 0.5) is 0 Å². The van der Waals surface area contributed by atoms with Gasteiger partial charge in [-0.1, -0.05) is 30.2 Å². The number of methoxy groups -OCH3 is 1. The lowest BCUT2D eigenvalue weighted by atomic mass is 9.80. The van der Waals surface area contributed by atoms with Crippen LogP contribution in [0.2, 0.25) is 0 Å². The van der Waals surface area contributed by atoms with Gasteiger partial charge in [-0.25, -0.2) is 9.59 Å². The van der Waals surface area contributed by atoms with Crippen molar-refractivity contribution in [2.75, 3.05) is 33.4 Å². The average molecular weight is 625 g/mol. The van der Waals surface area contributed by atoms with Crippen LogP contribution >= 0.6 is 0 Å². The fraction of sp³-hybridized carbons (Fsp3) is 0.600. The molecule has 0 spiro atoms. The van der Waals surface area contributed by atoms with Gasteiger partial charge in [0.15, 0.2) is 12.4 Å². The first-order valence-electron chi connectivity index (χ1n) is 14.7. The molecule has 1 saturated carbocycles. The normalized spacial score (nSPS) is 34.0. The highest BCUT2D eigenvalue weighted by atomic mass is 16.8. The Labute approximate surface area is 254 Å². The summed E-state index contributed by atoms with van der Waals surface area (Å²) in [4.78, 5) is 25.4. The van der Waals surface area contributed by atoms with E-state index in [9.17, 15) is 45.3 Å². The number of hydrogen-bond acceptors (Lipinski definition) is 12. The van der Waals surface area contributed by atoms with Crippen LogP contribution in [0.5, 0.6) is 0 Å². The van der Waals surface area contributed by atoms with E-state index in [2.05, 4.69) is 0 Å². The predicted molar refractivity (Wildman–Crippen MR) is 150 cm³/mol. The summed E-state index contributed by atoms with van der Waals surface area (Å²) in [5, 5.41) is 70.2. The third-order valence-corrected chi connectivity index (χ3v) is 8.33. The number of rotatable bonds is 10. The number of ether oxygens (including phenoxy) is 4. The monoisotopic (exact) mass is 624 g/mol. The van der Waals surface area contributed by atoms with Crippen LogP contribution in [0, 0.1) is 11.8 Å². The summed E-state index contributed by atoms with van der Waals surface area (Å²) >= 11 is 0. The summed E-state index contributed by atoms with van der Waals surface area (Å²) < 4.78 is 22.3. The molecule has 1 saturated heterocycles. The molecule has 14 nitrogen and oxygen atoms in total. The van der Waals surface area contributed by atoms with Gasteiger partial charge in [0, 0.05) is 11.5 Å². The number of hydrogen-bond donors (Lipinski definition) is 8. The maximum Gasteiger partial charge on any atom is 0.341 e. The van der Waals surface area contributed by atoms with Crippen molar-refractivity contribution in [3.05, 3.63) is 59.1 Å². The molecule has 244 valence electrons. The van der Waals surface area contributed by atoms with Crippen molar-refractivity contribution in [1.29, 1.82) is 0 Å². The molecule has 14 heteroatoms. The summed E-state index contributed by atoms with van der Waals surface area (Å²) in [6.07, 6.45) is 5.44. The number of carbonyl (C=O) groups is 2. The van der Waals surface area contributed by atoms with Gasteiger partial charge in [-0.15, -0.1) is 0 Å². The number of carbonyl (C=O) groups excluding carboxylic acids is 1. The largest absolute Gasteiger partial charge is 0.477 e. The molecule has 4 rings (SSSR count). The van der Waals surface area contributed by atoms with Gasteiger partial charge >= 0.3 is 11.9 Å². The van der Waals surface area contributed by atoms with Crippen molar-refractivity contribution in [2.24, 2.45) is 11.8 Å². The van der Waals surface area contributed by atoms with Gasteiger partial charge in [0.05, 0.1) is 38.1 Å². The molecular weight excluding hydrogens is 582 g/mol. The van der Waals surface area contributed by atoms with Crippen molar-refractivity contribution in [3.8, 4) is 0 Å². The van der Waals surface area contributed by atoms with Crippen LogP contribution in [0.1, 0.15) is 32.1 Å². The zero-order valence-corrected chi connectivity index (χ0v) is 24.4. The van der Waals surface area contributed by atoms with Crippen LogP contribution in [0.15, 0.2) is 59.1 Å². The summed E-state index contributed by atoms with van der Waals surface area (Å²) in [5.74, 6) is -6.35. The molecule has 4 aliphatic rings. The first-order chi connectivity index (χ1) is 21.0. The predicted octanol–water partition coefficient (Wildman–Crippen LogP) is -2.00. The number of aliphatic hydroxyl groups excluding tert-OH is 4. The van der Waals surface area contributed by atoms with E-state index < -0.39 is 67.1 Å². The van der Waals surface area contributed by atoms with Gasteiger partial charge in [0.1, 0.15) is 37.1 Å². The molecule has 3 aliphatic heterocycles. The molecule has 8 atom stereocenters. The van der Waals surface area contributed by atoms with Crippen LogP contribution in [0.3, 0.4) is 0 Å². The smallest absolute Gasteiger partial charge is 0.341 e. The number of aliphatic carboxylic acids is 1. The Bertz CT molecular complexity index is 1200. The number of nitrogens with one attached hydrogen (secondary N) is 1. The number of quaternary nitrogens is 1. The van der Waals surface area contributed by atoms with E-state index in [-0.39, 0.29) is 17.8 Å². The van der Waals surface area contributed by atoms with Crippen molar-refractivity contribution >= 4 is 11.9 Å². The van der Waals surface area contributed by atoms with Crippen molar-refractivity contribution in [1.82, 2.24) is 0 Å². The number of carboxylic acids is 1. The van der Waals surface area contributed by atoms with Crippen LogP contribution < -0.4 is 4.90 Å². The van der Waals surface area contributed by atoms with Crippen LogP contribution in [-0.4, -0.2) is 118 Å². The first-order valence-corrected chi connectivity index (χ1v) is 14.7. The molecule has 44 heavy (non-hydrogen) atoms. The molecular formula is C30H42NO13+. The maximum absolute atomic E-state index is 12.9. The minimum Gasteiger partial charge on any atom is -0.477 e. The number of esters is 1. The summed E-state index contributed by atoms with van der Waals surface area (Å²) in [5.41, 5.74) is 1.90. The average Bonchev–Trinajstić information content (AvgIpc) is 3.01. The highest BCUT2D eigenvalue weighted by Gasteiger charge is 2.56. The van der Waals surface area contributed by atoms with Gasteiger partial charge in [0.2, 0.25) is 12.1 Å². The molecule has 0 bridgehead atoms. The summed E-state index contributed by atoms with van der Waals surface area (Å²) in [6, 6.07) is 0. The Morgan fingerprint density at radius 3 is 2.48 bits per heavy atom. The molecule has 1 unspecified atom stereocenters. The maximum atomic E-state index is 12.9. The highest BCUT2D eigenvalue weighted by molar-refractivity contribution is 5.90. The quantitative estimate of drug-likeness (QED) is 0.0751. The zero-order chi connectivity index (χ0) is 32.0. The molecule has 0 aromatic heterocycles. The third kappa shape index (κ3) is 7.65. The minimum atomic E-state index is -3.07. The van der Waals surface area contributed by atoms with E-state index in [0.29, 0.717) is 18.7 Å². The van der Waals surface area contributed by atoms with Gasteiger partial charge in [-0.05, 0) is 31.8 Å². The SMILES string of the molecule is COC(=O)C1=CO[C@@H](O[C@@H]2O[C@H](CO)[C@@H](O)C(O)(O)[C@H]2O)[C@H](C=C2CCCCC2)[C@@H]1/C=C/C1=CC(C(=O)O)=C[NH+](CCO)C1. The highest BCUT2D eigenvalue weighted by Crippen LogP contribution is 2.39. The van der Waals surface area contributed by atoms with Crippen molar-refractivity contribution in [2.45, 2.75) is 68.8 Å². The molecule has 0 amide bonds. The lowest BCUT2D eigenvalue weighted by Gasteiger charge is -2.46. The molecule has 1 aliphatic carbocycles. The second-order valence-corrected chi connectivity index (χ2v) is 11.4. The minimum absolute atomic E-state index is 0.0534. The zero-order valence-electron chi connectivity index (χ0n) is 24.4. The standard InChI is InChI=1S/C30H41NO13/c1-41-27(38)22-16-42-28(44-29-25(35)30(39,40)24(34)23(15-33)43-29)21(12-17-5-3-2-4-6-17)20(22)8-7-18-11-19(26(36)37)14-31(13-18)9-10-32/h7-8,11-12,14,16,20-21,23-25,28-29,32-35,39-40H,2-6,9-10,13,15H2,1H3,(H,36,37)/p+1/b8-7+/t20-,21+,23+,24+,25-,28-,29-/m0/s1. The fourth-order valence-corrected chi connectivity index (χ4v) is 5.91. The van der Waals surface area contributed by atoms with Crippen LogP contribution in [0.25, 0.3) is 0 Å². The first kappa shape index (κ1) is 34.0. The number of aliphatic hydroxyl groups is 6. The molecule has 3 heterocycles. The Balaban J connectivity index is 1.72. The van der Waals surface area contributed by atoms with Gasteiger partial charge < -0.3 is 59.6 Å². The topological polar surface area (TPSA) is 217 Å². The summed E-state index contributed by atoms with van der Waals surface area (Å²) in [7, 11) is 1.22. The summed E-state index contributed by atoms with van der Waals surface area (Å²) in [6.45, 7) is -0.278. The Hall–Kier alpha value is -2.92. The molecule has 0 aromatic carbocycles. The number of carboxylic acid groups (broad SMARTS) is 1. The lowest BCUT2D eigenvalue weighted by molar-refractivity contribution is -0.842. The lowest BCUT2D eigenvalue weighted by Crippen LogP contribution is -3.08. The van der Waals surface area contributed by atoms with E-state index in [1.807, 2.05) is 6.08 Å². The molecule has 2 fully saturated rings. The van der Waals surface area contributed by atoms with Crippen LogP contribution in [-0.2, 0) is 28.5 Å². The Morgan fingerprint density at radius 2 is 1.84 bits per heavy atom. The Kier molecular flexibility index (Phi) is 11.5. The fourth-order valence-electron chi connectivity index (χ4n) is 5.91. The third-order valence-electron chi connectivity index (χ3n) is 8.33. The van der Waals surface area contributed by atoms with E-state index in [1.54, 1.807) is 12.2 Å². The van der Waals surface area contributed by atoms with E-state index >= 15 is 0 Å². The van der Waals surface area contributed by atoms with Crippen molar-refractivity contribution < 1.29 is 69.2 Å².